The molecular weight excluding hydrogens is 406 g/mol. The first-order valence-corrected chi connectivity index (χ1v) is 9.57. The van der Waals surface area contributed by atoms with Gasteiger partial charge in [-0.3, -0.25) is 15.1 Å². The number of fused-ring (bicyclic) bond motifs is 2. The summed E-state index contributed by atoms with van der Waals surface area (Å²) in [5.41, 5.74) is 6.09. The van der Waals surface area contributed by atoms with E-state index in [0.717, 1.165) is 5.56 Å². The molecule has 152 valence electrons. The van der Waals surface area contributed by atoms with Crippen LogP contribution in [0, 0.1) is 0 Å². The summed E-state index contributed by atoms with van der Waals surface area (Å²) in [4.78, 5) is 26.4. The van der Waals surface area contributed by atoms with E-state index in [4.69, 9.17) is 21.1 Å². The third-order valence-corrected chi connectivity index (χ3v) is 4.63. The number of nitrogens with zero attached hydrogens (tertiary/aromatic N) is 1. The van der Waals surface area contributed by atoms with Crippen molar-refractivity contribution >= 4 is 29.2 Å². The predicted molar refractivity (Wildman–Crippen MR) is 113 cm³/mol. The quantitative estimate of drug-likeness (QED) is 0.616. The van der Waals surface area contributed by atoms with Crippen molar-refractivity contribution in [1.29, 1.82) is 0 Å². The minimum absolute atomic E-state index is 0.237. The SMILES string of the molecule is O=C(COc1ccccc1)NNC(=O)N1Cc2ccccc2Oc2ccc(Cl)cc21. The standard InChI is InChI=1S/C22H18ClN3O4/c23-16-10-11-20-18(12-16)26(13-15-6-4-5-9-19(15)30-20)22(28)25-24-21(27)14-29-17-7-2-1-3-8-17/h1-12H,13-14H2,(H,24,27)(H,25,28). The number of rotatable bonds is 3. The molecule has 8 heteroatoms. The molecule has 1 heterocycles. The number of hydrazine groups is 1. The molecule has 0 spiro atoms. The lowest BCUT2D eigenvalue weighted by atomic mass is 10.2. The van der Waals surface area contributed by atoms with Gasteiger partial charge in [-0.05, 0) is 36.4 Å². The fraction of sp³-hybridized carbons (Fsp3) is 0.0909. The van der Waals surface area contributed by atoms with Crippen LogP contribution in [0.4, 0.5) is 10.5 Å². The molecule has 0 saturated carbocycles. The lowest BCUT2D eigenvalue weighted by Gasteiger charge is -2.22. The normalized spacial score (nSPS) is 12.0. The number of para-hydroxylation sites is 2. The molecule has 0 aromatic heterocycles. The van der Waals surface area contributed by atoms with Crippen molar-refractivity contribution in [1.82, 2.24) is 10.9 Å². The van der Waals surface area contributed by atoms with Crippen molar-refractivity contribution in [3.63, 3.8) is 0 Å². The van der Waals surface area contributed by atoms with E-state index in [9.17, 15) is 9.59 Å². The molecule has 7 nitrogen and oxygen atoms in total. The second kappa shape index (κ2) is 8.75. The van der Waals surface area contributed by atoms with E-state index in [-0.39, 0.29) is 13.2 Å². The Kier molecular flexibility index (Phi) is 5.72. The maximum absolute atomic E-state index is 12.9. The molecule has 0 radical (unpaired) electrons. The lowest BCUT2D eigenvalue weighted by Crippen LogP contribution is -2.49. The average molecular weight is 424 g/mol. The van der Waals surface area contributed by atoms with Gasteiger partial charge >= 0.3 is 6.03 Å². The van der Waals surface area contributed by atoms with Crippen LogP contribution < -0.4 is 25.2 Å². The number of carbonyl (C=O) groups is 2. The van der Waals surface area contributed by atoms with Crippen LogP contribution in [0.5, 0.6) is 17.2 Å². The van der Waals surface area contributed by atoms with E-state index >= 15 is 0 Å². The van der Waals surface area contributed by atoms with Gasteiger partial charge in [-0.15, -0.1) is 0 Å². The van der Waals surface area contributed by atoms with Gasteiger partial charge in [-0.1, -0.05) is 48.0 Å². The smallest absolute Gasteiger partial charge is 0.341 e. The zero-order valence-electron chi connectivity index (χ0n) is 15.8. The lowest BCUT2D eigenvalue weighted by molar-refractivity contribution is -0.123. The molecule has 30 heavy (non-hydrogen) atoms. The monoisotopic (exact) mass is 423 g/mol. The molecule has 3 aromatic carbocycles. The minimum atomic E-state index is -0.535. The Morgan fingerprint density at radius 1 is 0.967 bits per heavy atom. The Morgan fingerprint density at radius 3 is 2.57 bits per heavy atom. The molecular formula is C22H18ClN3O4. The van der Waals surface area contributed by atoms with Gasteiger partial charge < -0.3 is 9.47 Å². The molecule has 3 aromatic rings. The Hall–Kier alpha value is -3.71. The summed E-state index contributed by atoms with van der Waals surface area (Å²) in [5, 5.41) is 0.460. The number of nitrogens with one attached hydrogen (secondary N) is 2. The van der Waals surface area contributed by atoms with Crippen LogP contribution in [0.25, 0.3) is 0 Å². The number of amides is 3. The maximum atomic E-state index is 12.9. The van der Waals surface area contributed by atoms with Crippen LogP contribution >= 0.6 is 11.6 Å². The van der Waals surface area contributed by atoms with E-state index in [1.54, 1.807) is 42.5 Å². The van der Waals surface area contributed by atoms with Gasteiger partial charge in [0, 0.05) is 10.6 Å². The topological polar surface area (TPSA) is 79.9 Å². The third kappa shape index (κ3) is 4.47. The highest BCUT2D eigenvalue weighted by molar-refractivity contribution is 6.31. The molecule has 2 N–H and O–H groups in total. The van der Waals surface area contributed by atoms with Crippen LogP contribution in [0.3, 0.4) is 0 Å². The number of urea groups is 1. The number of anilines is 1. The Labute approximate surface area is 178 Å². The van der Waals surface area contributed by atoms with Crippen LogP contribution in [0.15, 0.2) is 72.8 Å². The molecule has 3 amide bonds. The first kappa shape index (κ1) is 19.6. The third-order valence-electron chi connectivity index (χ3n) is 4.40. The summed E-state index contributed by atoms with van der Waals surface area (Å²) >= 11 is 6.14. The molecule has 0 fully saturated rings. The van der Waals surface area contributed by atoms with Crippen molar-refractivity contribution in [2.24, 2.45) is 0 Å². The summed E-state index contributed by atoms with van der Waals surface area (Å²) < 4.78 is 11.3. The van der Waals surface area contributed by atoms with Gasteiger partial charge in [0.05, 0.1) is 12.2 Å². The number of hydrogen-bond donors (Lipinski definition) is 2. The maximum Gasteiger partial charge on any atom is 0.341 e. The number of hydrogen-bond acceptors (Lipinski definition) is 4. The molecule has 1 aliphatic heterocycles. The molecule has 0 atom stereocenters. The van der Waals surface area contributed by atoms with E-state index in [1.807, 2.05) is 30.3 Å². The zero-order valence-corrected chi connectivity index (χ0v) is 16.6. The zero-order chi connectivity index (χ0) is 20.9. The first-order valence-electron chi connectivity index (χ1n) is 9.19. The highest BCUT2D eigenvalue weighted by Gasteiger charge is 2.26. The van der Waals surface area contributed by atoms with Crippen molar-refractivity contribution in [3.8, 4) is 17.2 Å². The van der Waals surface area contributed by atoms with Crippen LogP contribution in [-0.4, -0.2) is 18.5 Å². The molecule has 0 unspecified atom stereocenters. The molecule has 4 rings (SSSR count). The summed E-state index contributed by atoms with van der Waals surface area (Å²) in [7, 11) is 0. The number of ether oxygens (including phenoxy) is 2. The van der Waals surface area contributed by atoms with Gasteiger partial charge in [0.15, 0.2) is 12.4 Å². The van der Waals surface area contributed by atoms with Crippen molar-refractivity contribution in [3.05, 3.63) is 83.4 Å². The number of halogens is 1. The molecule has 0 aliphatic carbocycles. The fourth-order valence-corrected chi connectivity index (χ4v) is 3.14. The Balaban J connectivity index is 1.46. The first-order chi connectivity index (χ1) is 14.6. The van der Waals surface area contributed by atoms with Crippen LogP contribution in [-0.2, 0) is 11.3 Å². The van der Waals surface area contributed by atoms with Gasteiger partial charge in [0.1, 0.15) is 11.5 Å². The minimum Gasteiger partial charge on any atom is -0.484 e. The number of benzene rings is 3. The highest BCUT2D eigenvalue weighted by Crippen LogP contribution is 2.40. The van der Waals surface area contributed by atoms with E-state index in [1.165, 1.54) is 4.90 Å². The Morgan fingerprint density at radius 2 is 1.73 bits per heavy atom. The second-order valence-electron chi connectivity index (χ2n) is 6.49. The Bertz CT molecular complexity index is 1070. The van der Waals surface area contributed by atoms with Crippen LogP contribution in [0.2, 0.25) is 5.02 Å². The average Bonchev–Trinajstić information content (AvgIpc) is 2.93. The highest BCUT2D eigenvalue weighted by atomic mass is 35.5. The van der Waals surface area contributed by atoms with Crippen LogP contribution in [0.1, 0.15) is 5.56 Å². The largest absolute Gasteiger partial charge is 0.484 e. The molecule has 0 saturated heterocycles. The molecule has 0 bridgehead atoms. The molecule has 1 aliphatic rings. The van der Waals surface area contributed by atoms with E-state index in [0.29, 0.717) is 28.0 Å². The van der Waals surface area contributed by atoms with Gasteiger partial charge in [-0.25, -0.2) is 10.2 Å². The van der Waals surface area contributed by atoms with Gasteiger partial charge in [0.25, 0.3) is 5.91 Å². The van der Waals surface area contributed by atoms with Crippen molar-refractivity contribution < 1.29 is 19.1 Å². The number of carbonyl (C=O) groups excluding carboxylic acids is 2. The summed E-state index contributed by atoms with van der Waals surface area (Å²) in [6, 6.07) is 20.8. The van der Waals surface area contributed by atoms with Gasteiger partial charge in [0.2, 0.25) is 0 Å². The summed E-state index contributed by atoms with van der Waals surface area (Å²) in [6.07, 6.45) is 0. The summed E-state index contributed by atoms with van der Waals surface area (Å²) in [6.45, 7) is 0.00435. The summed E-state index contributed by atoms with van der Waals surface area (Å²) in [5.74, 6) is 1.20. The van der Waals surface area contributed by atoms with Gasteiger partial charge in [-0.2, -0.15) is 0 Å². The predicted octanol–water partition coefficient (Wildman–Crippen LogP) is 4.27. The van der Waals surface area contributed by atoms with Crippen molar-refractivity contribution in [2.75, 3.05) is 11.5 Å². The van der Waals surface area contributed by atoms with Crippen molar-refractivity contribution in [2.45, 2.75) is 6.54 Å². The fourth-order valence-electron chi connectivity index (χ4n) is 2.97. The van der Waals surface area contributed by atoms with E-state index < -0.39 is 11.9 Å². The van der Waals surface area contributed by atoms with E-state index in [2.05, 4.69) is 10.9 Å². The second-order valence-corrected chi connectivity index (χ2v) is 6.92.